The normalized spacial score (nSPS) is 36.9. The lowest BCUT2D eigenvalue weighted by molar-refractivity contribution is -0.179. The van der Waals surface area contributed by atoms with Gasteiger partial charge in [0, 0.05) is 5.92 Å². The summed E-state index contributed by atoms with van der Waals surface area (Å²) in [5.74, 6) is -0.194. The second-order valence-corrected chi connectivity index (χ2v) is 11.5. The molecule has 8 N–H and O–H groups in total. The number of rotatable bonds is 2. The number of nitrogens with zero attached hydrogens (tertiary/aromatic N) is 7. The number of fused-ring (bicyclic) bond motifs is 5. The number of aliphatic imine (C=N–C) groups is 1. The van der Waals surface area contributed by atoms with E-state index in [1.165, 1.54) is 28.1 Å². The lowest BCUT2D eigenvalue weighted by Crippen LogP contribution is -2.37. The van der Waals surface area contributed by atoms with Gasteiger partial charge in [-0.2, -0.15) is 4.99 Å². The number of aliphatic hydroxyl groups excluding tert-OH is 2. The molecule has 19 nitrogen and oxygen atoms in total. The molecule has 0 amide bonds. The van der Waals surface area contributed by atoms with Crippen LogP contribution in [0.3, 0.4) is 0 Å². The molecule has 3 fully saturated rings. The van der Waals surface area contributed by atoms with Gasteiger partial charge in [-0.1, -0.05) is 6.58 Å². The Kier molecular flexibility index (Phi) is 6.53. The number of aromatic nitrogens is 6. The van der Waals surface area contributed by atoms with Crippen molar-refractivity contribution in [1.82, 2.24) is 34.4 Å². The van der Waals surface area contributed by atoms with Crippen LogP contribution in [0.2, 0.25) is 0 Å². The molecule has 0 saturated carbocycles. The van der Waals surface area contributed by atoms with Crippen molar-refractivity contribution in [2.45, 2.75) is 49.6 Å². The zero-order valence-electron chi connectivity index (χ0n) is 21.7. The van der Waals surface area contributed by atoms with Crippen molar-refractivity contribution in [3.05, 3.63) is 31.3 Å². The molecular weight excluding hydrogens is 579 g/mol. The van der Waals surface area contributed by atoms with Crippen LogP contribution in [0.15, 0.2) is 30.6 Å². The van der Waals surface area contributed by atoms with Crippen molar-refractivity contribution in [2.24, 2.45) is 16.6 Å². The van der Waals surface area contributed by atoms with Gasteiger partial charge in [0.1, 0.15) is 35.8 Å². The van der Waals surface area contributed by atoms with Gasteiger partial charge in [0.2, 0.25) is 0 Å². The fourth-order valence-electron chi connectivity index (χ4n) is 5.59. The van der Waals surface area contributed by atoms with E-state index >= 15 is 0 Å². The average molecular weight is 606 g/mol. The summed E-state index contributed by atoms with van der Waals surface area (Å²) in [6, 6.07) is 0. The number of phosphoric ester groups is 1. The molecule has 3 aromatic heterocycles. The van der Waals surface area contributed by atoms with Crippen LogP contribution in [0, 0.1) is 5.92 Å². The van der Waals surface area contributed by atoms with Crippen molar-refractivity contribution >= 4 is 42.3 Å². The first-order chi connectivity index (χ1) is 20.1. The van der Waals surface area contributed by atoms with E-state index in [-0.39, 0.29) is 30.6 Å². The minimum absolute atomic E-state index is 0.0138. The first-order valence-electron chi connectivity index (χ1n) is 12.9. The third-order valence-corrected chi connectivity index (χ3v) is 8.56. The lowest BCUT2D eigenvalue weighted by atomic mass is 9.95. The smallest absolute Gasteiger partial charge is 0.388 e. The standard InChI is InChI=1S/C22H27N10O9P/c1-8-11-18(30-22(24)29-8)32(6-27-11)20-15-14(34)21(40-20)37-3-2-9-10(4-38-42(35,36)41-15)39-19(13(9)33)31-7-28-12-16(23)25-5-26-17(12)31/h5-7,9-10,13-15,19-21,33-34H,1-4H2,(H,35,36)(H2,23,25,26)(H3,24,29,30)/t9-,10-,13-,14+,15-,19-,20-,21?/m1/s1. The highest BCUT2D eigenvalue weighted by Gasteiger charge is 2.52. The van der Waals surface area contributed by atoms with E-state index < -0.39 is 63.5 Å². The van der Waals surface area contributed by atoms with Gasteiger partial charge < -0.3 is 46.1 Å². The number of anilines is 1. The summed E-state index contributed by atoms with van der Waals surface area (Å²) in [4.78, 5) is 31.5. The molecule has 3 saturated heterocycles. The summed E-state index contributed by atoms with van der Waals surface area (Å²) >= 11 is 0. The number of aliphatic hydroxyl groups is 2. The molecule has 42 heavy (non-hydrogen) atoms. The molecule has 0 radical (unpaired) electrons. The molecule has 3 aromatic rings. The predicted octanol–water partition coefficient (Wildman–Crippen LogP) is -1.16. The van der Waals surface area contributed by atoms with Crippen LogP contribution in [0.25, 0.3) is 16.9 Å². The average Bonchev–Trinajstić information content (AvgIpc) is 3.69. The van der Waals surface area contributed by atoms with Gasteiger partial charge in [0.25, 0.3) is 0 Å². The molecule has 2 bridgehead atoms. The van der Waals surface area contributed by atoms with E-state index in [0.717, 1.165) is 0 Å². The van der Waals surface area contributed by atoms with E-state index in [9.17, 15) is 19.7 Å². The highest BCUT2D eigenvalue weighted by Crippen LogP contribution is 2.51. The molecule has 7 rings (SSSR count). The Morgan fingerprint density at radius 1 is 1.07 bits per heavy atom. The number of nitrogens with two attached hydrogens (primary N) is 2. The molecule has 20 heteroatoms. The van der Waals surface area contributed by atoms with Crippen LogP contribution < -0.4 is 16.8 Å². The van der Waals surface area contributed by atoms with Crippen molar-refractivity contribution in [2.75, 3.05) is 18.9 Å². The Balaban J connectivity index is 1.15. The topological polar surface area (TPSA) is 262 Å². The van der Waals surface area contributed by atoms with Gasteiger partial charge in [-0.05, 0) is 6.42 Å². The van der Waals surface area contributed by atoms with Crippen LogP contribution in [0.5, 0.6) is 0 Å². The Morgan fingerprint density at radius 3 is 2.71 bits per heavy atom. The summed E-state index contributed by atoms with van der Waals surface area (Å²) in [7, 11) is -4.85. The SMILES string of the molecule is C=C1NC(N)=Nc2c1ncn2[C@@H]1OC2OCC[C@H]3[C@@H](O)[C@H](n4cnc5c(N)ncnc54)O[C@@H]3COP(=O)(O)O[C@@H]1[C@@H]2O. The second-order valence-electron chi connectivity index (χ2n) is 10.1. The van der Waals surface area contributed by atoms with Crippen molar-refractivity contribution in [1.29, 1.82) is 0 Å². The molecule has 224 valence electrons. The monoisotopic (exact) mass is 606 g/mol. The van der Waals surface area contributed by atoms with Gasteiger partial charge in [0.05, 0.1) is 37.7 Å². The zero-order valence-corrected chi connectivity index (χ0v) is 22.6. The molecular formula is C22H27N10O9P. The van der Waals surface area contributed by atoms with Gasteiger partial charge in [0.15, 0.2) is 42.0 Å². The van der Waals surface area contributed by atoms with Gasteiger partial charge >= 0.3 is 7.82 Å². The second kappa shape index (κ2) is 10.0. The summed E-state index contributed by atoms with van der Waals surface area (Å²) < 4.78 is 44.7. The summed E-state index contributed by atoms with van der Waals surface area (Å²) in [5.41, 5.74) is 13.1. The number of ether oxygens (including phenoxy) is 3. The summed E-state index contributed by atoms with van der Waals surface area (Å²) in [5, 5.41) is 25.1. The van der Waals surface area contributed by atoms with Crippen LogP contribution in [0.1, 0.15) is 24.6 Å². The van der Waals surface area contributed by atoms with Crippen molar-refractivity contribution in [3.63, 3.8) is 0 Å². The third-order valence-electron chi connectivity index (χ3n) is 7.58. The number of nitrogens with one attached hydrogen (secondary N) is 1. The first kappa shape index (κ1) is 27.3. The number of imidazole rings is 2. The predicted molar refractivity (Wildman–Crippen MR) is 140 cm³/mol. The highest BCUT2D eigenvalue weighted by atomic mass is 31.2. The van der Waals surface area contributed by atoms with Gasteiger partial charge in [-0.15, -0.1) is 0 Å². The maximum absolute atomic E-state index is 13.1. The fourth-order valence-corrected chi connectivity index (χ4v) is 6.52. The van der Waals surface area contributed by atoms with Crippen LogP contribution in [0.4, 0.5) is 11.6 Å². The number of phosphoric acid groups is 1. The first-order valence-corrected chi connectivity index (χ1v) is 14.4. The zero-order chi connectivity index (χ0) is 29.3. The molecule has 7 heterocycles. The van der Waals surface area contributed by atoms with Crippen LogP contribution in [-0.4, -0.2) is 94.1 Å². The van der Waals surface area contributed by atoms with E-state index in [0.29, 0.717) is 22.6 Å². The third kappa shape index (κ3) is 4.46. The Labute approximate surface area is 236 Å². The minimum atomic E-state index is -4.85. The Morgan fingerprint density at radius 2 is 1.88 bits per heavy atom. The van der Waals surface area contributed by atoms with E-state index in [1.807, 2.05) is 0 Å². The largest absolute Gasteiger partial charge is 0.472 e. The Hall–Kier alpha value is -3.52. The lowest BCUT2D eigenvalue weighted by Gasteiger charge is -2.26. The Bertz CT molecular complexity index is 1630. The molecule has 9 atom stereocenters. The van der Waals surface area contributed by atoms with E-state index in [1.54, 1.807) is 0 Å². The molecule has 4 aliphatic heterocycles. The van der Waals surface area contributed by atoms with Crippen molar-refractivity contribution < 1.29 is 42.9 Å². The van der Waals surface area contributed by atoms with E-state index in [4.69, 9.17) is 34.7 Å². The minimum Gasteiger partial charge on any atom is -0.388 e. The molecule has 4 aliphatic rings. The highest BCUT2D eigenvalue weighted by molar-refractivity contribution is 7.47. The quantitative estimate of drug-likeness (QED) is 0.188. The molecule has 0 aliphatic carbocycles. The number of hydrogen-bond acceptors (Lipinski definition) is 16. The molecule has 2 unspecified atom stereocenters. The van der Waals surface area contributed by atoms with Crippen LogP contribution >= 0.6 is 7.82 Å². The maximum Gasteiger partial charge on any atom is 0.472 e. The van der Waals surface area contributed by atoms with Crippen LogP contribution in [-0.2, 0) is 27.8 Å². The van der Waals surface area contributed by atoms with Gasteiger partial charge in [-0.3, -0.25) is 18.2 Å². The van der Waals surface area contributed by atoms with E-state index in [2.05, 4.69) is 36.8 Å². The van der Waals surface area contributed by atoms with Gasteiger partial charge in [-0.25, -0.2) is 24.5 Å². The maximum atomic E-state index is 13.1. The number of nitrogen functional groups attached to an aromatic ring is 1. The van der Waals surface area contributed by atoms with Crippen molar-refractivity contribution in [3.8, 4) is 0 Å². The summed E-state index contributed by atoms with van der Waals surface area (Å²) in [6.07, 6.45) is -4.17. The number of hydrogen-bond donors (Lipinski definition) is 6. The molecule has 0 aromatic carbocycles. The number of guanidine groups is 1. The summed E-state index contributed by atoms with van der Waals surface area (Å²) in [6.45, 7) is 3.44. The fraction of sp³-hybridized carbons (Fsp3) is 0.500. The molecule has 0 spiro atoms.